The van der Waals surface area contributed by atoms with Gasteiger partial charge in [-0.05, 0) is 24.6 Å². The predicted molar refractivity (Wildman–Crippen MR) is 90.7 cm³/mol. The minimum absolute atomic E-state index is 0.178. The van der Waals surface area contributed by atoms with Crippen molar-refractivity contribution in [2.75, 3.05) is 46.2 Å². The highest BCUT2D eigenvalue weighted by Crippen LogP contribution is 2.32. The van der Waals surface area contributed by atoms with Crippen molar-refractivity contribution in [2.45, 2.75) is 19.1 Å². The molecule has 2 aliphatic heterocycles. The van der Waals surface area contributed by atoms with Crippen molar-refractivity contribution in [3.05, 3.63) is 23.8 Å². The summed E-state index contributed by atoms with van der Waals surface area (Å²) in [4.78, 5) is 14.1. The number of urea groups is 1. The zero-order valence-corrected chi connectivity index (χ0v) is 14.4. The van der Waals surface area contributed by atoms with Gasteiger partial charge in [-0.15, -0.1) is 0 Å². The van der Waals surface area contributed by atoms with E-state index in [1.807, 2.05) is 18.2 Å². The fraction of sp³-hybridized carbons (Fsp3) is 0.588. The molecule has 1 saturated heterocycles. The summed E-state index contributed by atoms with van der Waals surface area (Å²) in [6.07, 6.45) is 0. The van der Waals surface area contributed by atoms with Crippen molar-refractivity contribution in [3.63, 3.8) is 0 Å². The molecule has 0 aromatic heterocycles. The molecule has 0 spiro atoms. The molecule has 3 N–H and O–H groups in total. The smallest absolute Gasteiger partial charge is 0.315 e. The van der Waals surface area contributed by atoms with Gasteiger partial charge in [-0.25, -0.2) is 4.79 Å². The maximum atomic E-state index is 12.0. The molecule has 0 saturated carbocycles. The highest BCUT2D eigenvalue weighted by molar-refractivity contribution is 5.73. The fourth-order valence-corrected chi connectivity index (χ4v) is 2.86. The topological polar surface area (TPSA) is 92.3 Å². The molecular formula is C17H25N3O5. The van der Waals surface area contributed by atoms with Crippen molar-refractivity contribution in [3.8, 4) is 11.5 Å². The number of nitrogens with zero attached hydrogens (tertiary/aromatic N) is 1. The summed E-state index contributed by atoms with van der Waals surface area (Å²) in [5.41, 5.74) is -0.0764. The number of morpholine rings is 1. The molecule has 2 heterocycles. The number of carbonyl (C=O) groups is 1. The number of amides is 2. The summed E-state index contributed by atoms with van der Waals surface area (Å²) in [5.74, 6) is 1.40. The second kappa shape index (κ2) is 7.90. The molecule has 1 unspecified atom stereocenters. The number of fused-ring (bicyclic) bond motifs is 1. The number of benzene rings is 1. The Morgan fingerprint density at radius 3 is 2.80 bits per heavy atom. The van der Waals surface area contributed by atoms with E-state index < -0.39 is 5.60 Å². The Balaban J connectivity index is 1.39. The first kappa shape index (κ1) is 17.8. The van der Waals surface area contributed by atoms with Crippen LogP contribution in [0.25, 0.3) is 0 Å². The van der Waals surface area contributed by atoms with Gasteiger partial charge in [0.1, 0.15) is 0 Å². The lowest BCUT2D eigenvalue weighted by molar-refractivity contribution is -0.0206. The fourth-order valence-electron chi connectivity index (χ4n) is 2.86. The first-order valence-corrected chi connectivity index (χ1v) is 8.45. The van der Waals surface area contributed by atoms with Gasteiger partial charge < -0.3 is 30.0 Å². The Hall–Kier alpha value is -2.03. The minimum Gasteiger partial charge on any atom is -0.454 e. The number of ether oxygens (including phenoxy) is 3. The maximum Gasteiger partial charge on any atom is 0.315 e. The van der Waals surface area contributed by atoms with Crippen LogP contribution in [0, 0.1) is 0 Å². The van der Waals surface area contributed by atoms with Gasteiger partial charge in [0, 0.05) is 32.7 Å². The van der Waals surface area contributed by atoms with Crippen LogP contribution in [0.4, 0.5) is 4.79 Å². The Labute approximate surface area is 147 Å². The highest BCUT2D eigenvalue weighted by atomic mass is 16.7. The van der Waals surface area contributed by atoms with Gasteiger partial charge in [-0.3, -0.25) is 4.90 Å². The quantitative estimate of drug-likeness (QED) is 0.683. The van der Waals surface area contributed by atoms with Gasteiger partial charge in [0.15, 0.2) is 11.5 Å². The van der Waals surface area contributed by atoms with Crippen LogP contribution in [0.1, 0.15) is 12.5 Å². The van der Waals surface area contributed by atoms with Crippen LogP contribution in [-0.4, -0.2) is 67.8 Å². The molecule has 1 aromatic carbocycles. The largest absolute Gasteiger partial charge is 0.454 e. The number of aliphatic hydroxyl groups is 1. The lowest BCUT2D eigenvalue weighted by atomic mass is 10.1. The van der Waals surface area contributed by atoms with Crippen LogP contribution >= 0.6 is 0 Å². The molecule has 8 nitrogen and oxygen atoms in total. The molecular weight excluding hydrogens is 326 g/mol. The number of nitrogens with one attached hydrogen (secondary N) is 2. The van der Waals surface area contributed by atoms with E-state index in [4.69, 9.17) is 14.2 Å². The Bertz CT molecular complexity index is 602. The molecule has 2 amide bonds. The lowest BCUT2D eigenvalue weighted by Crippen LogP contribution is -2.52. The van der Waals surface area contributed by atoms with Crippen LogP contribution in [0.2, 0.25) is 0 Å². The molecule has 0 radical (unpaired) electrons. The SMILES string of the molecule is CC(O)(CNC(=O)NCc1ccc2c(c1)OCO2)CN1CCOCC1. The Morgan fingerprint density at radius 2 is 2.00 bits per heavy atom. The molecule has 0 aliphatic carbocycles. The summed E-state index contributed by atoms with van der Waals surface area (Å²) in [7, 11) is 0. The van der Waals surface area contributed by atoms with E-state index in [0.29, 0.717) is 37.8 Å². The van der Waals surface area contributed by atoms with E-state index in [0.717, 1.165) is 18.7 Å². The summed E-state index contributed by atoms with van der Waals surface area (Å²) < 4.78 is 15.9. The summed E-state index contributed by atoms with van der Waals surface area (Å²) in [6, 6.07) is 5.23. The van der Waals surface area contributed by atoms with Gasteiger partial charge in [0.2, 0.25) is 6.79 Å². The van der Waals surface area contributed by atoms with Crippen molar-refractivity contribution < 1.29 is 24.1 Å². The van der Waals surface area contributed by atoms with Crippen LogP contribution in [-0.2, 0) is 11.3 Å². The van der Waals surface area contributed by atoms with E-state index in [1.165, 1.54) is 0 Å². The van der Waals surface area contributed by atoms with Crippen molar-refractivity contribution in [1.29, 1.82) is 0 Å². The zero-order valence-electron chi connectivity index (χ0n) is 14.4. The summed E-state index contributed by atoms with van der Waals surface area (Å²) >= 11 is 0. The average Bonchev–Trinajstić information content (AvgIpc) is 3.06. The van der Waals surface area contributed by atoms with Crippen molar-refractivity contribution >= 4 is 6.03 Å². The van der Waals surface area contributed by atoms with Crippen LogP contribution in [0.3, 0.4) is 0 Å². The third-order valence-electron chi connectivity index (χ3n) is 4.19. The van der Waals surface area contributed by atoms with Crippen LogP contribution < -0.4 is 20.1 Å². The van der Waals surface area contributed by atoms with Crippen LogP contribution in [0.15, 0.2) is 18.2 Å². The first-order chi connectivity index (χ1) is 12.0. The van der Waals surface area contributed by atoms with Gasteiger partial charge in [0.05, 0.1) is 18.8 Å². The number of rotatable bonds is 6. The molecule has 1 aromatic rings. The minimum atomic E-state index is -0.993. The van der Waals surface area contributed by atoms with Gasteiger partial charge >= 0.3 is 6.03 Å². The summed E-state index contributed by atoms with van der Waals surface area (Å²) in [5, 5.41) is 15.9. The number of β-amino-alcohol motifs (C(OH)–C–C–N with tert-alkyl or cyclic N) is 1. The van der Waals surface area contributed by atoms with Gasteiger partial charge in [0.25, 0.3) is 0 Å². The average molecular weight is 351 g/mol. The maximum absolute atomic E-state index is 12.0. The van der Waals surface area contributed by atoms with E-state index in [1.54, 1.807) is 6.92 Å². The number of hydrogen-bond donors (Lipinski definition) is 3. The van der Waals surface area contributed by atoms with Gasteiger partial charge in [-0.1, -0.05) is 6.07 Å². The monoisotopic (exact) mass is 351 g/mol. The molecule has 1 atom stereocenters. The van der Waals surface area contributed by atoms with Crippen molar-refractivity contribution in [1.82, 2.24) is 15.5 Å². The molecule has 138 valence electrons. The standard InChI is InChI=1S/C17H25N3O5/c1-17(22,11-20-4-6-23-7-5-20)10-19-16(21)18-9-13-2-3-14-15(8-13)25-12-24-14/h2-3,8,22H,4-7,9-12H2,1H3,(H2,18,19,21). The normalized spacial score (nSPS) is 19.3. The van der Waals surface area contributed by atoms with E-state index in [2.05, 4.69) is 15.5 Å². The van der Waals surface area contributed by atoms with E-state index >= 15 is 0 Å². The second-order valence-electron chi connectivity index (χ2n) is 6.61. The van der Waals surface area contributed by atoms with Crippen LogP contribution in [0.5, 0.6) is 11.5 Å². The van der Waals surface area contributed by atoms with Gasteiger partial charge in [-0.2, -0.15) is 0 Å². The molecule has 2 aliphatic rings. The molecule has 8 heteroatoms. The zero-order chi connectivity index (χ0) is 17.7. The molecule has 25 heavy (non-hydrogen) atoms. The number of hydrogen-bond acceptors (Lipinski definition) is 6. The highest BCUT2D eigenvalue weighted by Gasteiger charge is 2.25. The second-order valence-corrected chi connectivity index (χ2v) is 6.61. The number of carbonyl (C=O) groups excluding carboxylic acids is 1. The molecule has 1 fully saturated rings. The van der Waals surface area contributed by atoms with E-state index in [9.17, 15) is 9.90 Å². The Morgan fingerprint density at radius 1 is 1.24 bits per heavy atom. The summed E-state index contributed by atoms with van der Waals surface area (Å²) in [6.45, 7) is 5.95. The molecule has 0 bridgehead atoms. The lowest BCUT2D eigenvalue weighted by Gasteiger charge is -2.33. The Kier molecular flexibility index (Phi) is 5.62. The van der Waals surface area contributed by atoms with E-state index in [-0.39, 0.29) is 19.4 Å². The third kappa shape index (κ3) is 5.22. The third-order valence-corrected chi connectivity index (χ3v) is 4.19. The first-order valence-electron chi connectivity index (χ1n) is 8.45. The van der Waals surface area contributed by atoms with Crippen molar-refractivity contribution in [2.24, 2.45) is 0 Å². The predicted octanol–water partition coefficient (Wildman–Crippen LogP) is 0.298. The molecule has 3 rings (SSSR count).